The number of hydrogen-bond acceptors (Lipinski definition) is 5. The number of nitro benzene ring substituents is 1. The van der Waals surface area contributed by atoms with Crippen LogP contribution in [0.1, 0.15) is 16.1 Å². The molecule has 104 valence electrons. The van der Waals surface area contributed by atoms with Gasteiger partial charge in [0.1, 0.15) is 11.4 Å². The molecule has 0 fully saturated rings. The number of hydrogen-bond donors (Lipinski definition) is 1. The normalized spacial score (nSPS) is 10.2. The molecule has 0 saturated heterocycles. The number of nitro groups is 1. The van der Waals surface area contributed by atoms with Crippen molar-refractivity contribution < 1.29 is 19.6 Å². The lowest BCUT2D eigenvalue weighted by Gasteiger charge is -2.09. The predicted molar refractivity (Wildman–Crippen MR) is 67.9 cm³/mol. The van der Waals surface area contributed by atoms with Gasteiger partial charge in [-0.3, -0.25) is 14.8 Å². The molecule has 0 atom stereocenters. The molecular formula is C12H11N3O5. The number of aromatic carboxylic acids is 1. The summed E-state index contributed by atoms with van der Waals surface area (Å²) in [5, 5.41) is 23.7. The quantitative estimate of drug-likeness (QED) is 0.656. The van der Waals surface area contributed by atoms with Gasteiger partial charge in [-0.2, -0.15) is 5.10 Å². The minimum atomic E-state index is -1.12. The van der Waals surface area contributed by atoms with Crippen LogP contribution in [0.2, 0.25) is 0 Å². The van der Waals surface area contributed by atoms with E-state index in [0.29, 0.717) is 11.3 Å². The van der Waals surface area contributed by atoms with E-state index in [9.17, 15) is 14.9 Å². The molecule has 1 heterocycles. The van der Waals surface area contributed by atoms with Crippen molar-refractivity contribution in [3.05, 3.63) is 51.8 Å². The molecule has 2 aromatic rings. The highest BCUT2D eigenvalue weighted by Gasteiger charge is 2.15. The van der Waals surface area contributed by atoms with E-state index < -0.39 is 10.9 Å². The number of nitrogens with zero attached hydrogens (tertiary/aromatic N) is 3. The van der Waals surface area contributed by atoms with Gasteiger partial charge in [0.15, 0.2) is 0 Å². The topological polar surface area (TPSA) is 107 Å². The summed E-state index contributed by atoms with van der Waals surface area (Å²) < 4.78 is 6.36. The number of carbonyl (C=O) groups is 1. The number of carboxylic acid groups (broad SMARTS) is 1. The SMILES string of the molecule is COc1ccc([N+](=O)[O-])cc1Cn1nccc1C(=O)O. The van der Waals surface area contributed by atoms with Crippen LogP contribution in [0.25, 0.3) is 0 Å². The van der Waals surface area contributed by atoms with Crippen molar-refractivity contribution in [1.29, 1.82) is 0 Å². The third-order valence-corrected chi connectivity index (χ3v) is 2.73. The van der Waals surface area contributed by atoms with Gasteiger partial charge in [0, 0.05) is 23.9 Å². The fraction of sp³-hybridized carbons (Fsp3) is 0.167. The average Bonchev–Trinajstić information content (AvgIpc) is 2.87. The van der Waals surface area contributed by atoms with Gasteiger partial charge in [-0.1, -0.05) is 0 Å². The van der Waals surface area contributed by atoms with Gasteiger partial charge < -0.3 is 9.84 Å². The maximum absolute atomic E-state index is 11.0. The van der Waals surface area contributed by atoms with E-state index in [1.165, 1.54) is 42.3 Å². The Hall–Kier alpha value is -2.90. The molecule has 0 aliphatic carbocycles. The summed E-state index contributed by atoms with van der Waals surface area (Å²) in [7, 11) is 1.44. The summed E-state index contributed by atoms with van der Waals surface area (Å²) in [4.78, 5) is 21.3. The molecular weight excluding hydrogens is 266 g/mol. The second-order valence-electron chi connectivity index (χ2n) is 3.93. The van der Waals surface area contributed by atoms with E-state index in [1.807, 2.05) is 0 Å². The Bertz CT molecular complexity index is 665. The molecule has 0 unspecified atom stereocenters. The lowest BCUT2D eigenvalue weighted by atomic mass is 10.1. The Morgan fingerprint density at radius 3 is 2.85 bits per heavy atom. The summed E-state index contributed by atoms with van der Waals surface area (Å²) in [6.45, 7) is 0.0689. The molecule has 8 nitrogen and oxygen atoms in total. The minimum Gasteiger partial charge on any atom is -0.496 e. The highest BCUT2D eigenvalue weighted by atomic mass is 16.6. The largest absolute Gasteiger partial charge is 0.496 e. The van der Waals surface area contributed by atoms with E-state index >= 15 is 0 Å². The van der Waals surface area contributed by atoms with Crippen LogP contribution < -0.4 is 4.74 Å². The molecule has 0 aliphatic heterocycles. The smallest absolute Gasteiger partial charge is 0.354 e. The molecule has 2 rings (SSSR count). The third-order valence-electron chi connectivity index (χ3n) is 2.73. The van der Waals surface area contributed by atoms with Gasteiger partial charge in [0.25, 0.3) is 5.69 Å². The Balaban J connectivity index is 2.41. The number of benzene rings is 1. The molecule has 20 heavy (non-hydrogen) atoms. The second-order valence-corrected chi connectivity index (χ2v) is 3.93. The fourth-order valence-electron chi connectivity index (χ4n) is 1.80. The Morgan fingerprint density at radius 1 is 1.50 bits per heavy atom. The first-order chi connectivity index (χ1) is 9.52. The maximum atomic E-state index is 11.0. The van der Waals surface area contributed by atoms with E-state index in [-0.39, 0.29) is 17.9 Å². The summed E-state index contributed by atoms with van der Waals surface area (Å²) in [6.07, 6.45) is 1.35. The van der Waals surface area contributed by atoms with Crippen LogP contribution in [-0.2, 0) is 6.54 Å². The molecule has 8 heteroatoms. The molecule has 0 spiro atoms. The standard InChI is InChI=1S/C12H11N3O5/c1-20-11-3-2-9(15(18)19)6-8(11)7-14-10(12(16)17)4-5-13-14/h2-6H,7H2,1H3,(H,16,17). The average molecular weight is 277 g/mol. The van der Waals surface area contributed by atoms with Crippen LogP contribution in [0.5, 0.6) is 5.75 Å². The molecule has 0 bridgehead atoms. The van der Waals surface area contributed by atoms with Crippen LogP contribution in [0.15, 0.2) is 30.5 Å². The van der Waals surface area contributed by atoms with E-state index in [0.717, 1.165) is 0 Å². The number of methoxy groups -OCH3 is 1. The zero-order chi connectivity index (χ0) is 14.7. The van der Waals surface area contributed by atoms with Crippen molar-refractivity contribution in [1.82, 2.24) is 9.78 Å². The highest BCUT2D eigenvalue weighted by Crippen LogP contribution is 2.25. The highest BCUT2D eigenvalue weighted by molar-refractivity contribution is 5.85. The van der Waals surface area contributed by atoms with Crippen molar-refractivity contribution in [2.45, 2.75) is 6.54 Å². The van der Waals surface area contributed by atoms with E-state index in [4.69, 9.17) is 9.84 Å². The van der Waals surface area contributed by atoms with Crippen LogP contribution >= 0.6 is 0 Å². The molecule has 1 aromatic heterocycles. The summed E-state index contributed by atoms with van der Waals surface area (Å²) in [5.74, 6) is -0.686. The van der Waals surface area contributed by atoms with Crippen LogP contribution in [-0.4, -0.2) is 32.9 Å². The zero-order valence-corrected chi connectivity index (χ0v) is 10.5. The number of non-ortho nitro benzene ring substituents is 1. The molecule has 1 N–H and O–H groups in total. The van der Waals surface area contributed by atoms with Gasteiger partial charge in [-0.05, 0) is 12.1 Å². The summed E-state index contributed by atoms with van der Waals surface area (Å²) in [5.41, 5.74) is 0.385. The van der Waals surface area contributed by atoms with Gasteiger partial charge in [-0.15, -0.1) is 0 Å². The Labute approximate surface area is 113 Å². The molecule has 0 amide bonds. The monoisotopic (exact) mass is 277 g/mol. The second kappa shape index (κ2) is 5.39. The fourth-order valence-corrected chi connectivity index (χ4v) is 1.80. The van der Waals surface area contributed by atoms with Gasteiger partial charge in [0.2, 0.25) is 0 Å². The maximum Gasteiger partial charge on any atom is 0.354 e. The van der Waals surface area contributed by atoms with Crippen LogP contribution in [0.3, 0.4) is 0 Å². The summed E-state index contributed by atoms with van der Waals surface area (Å²) >= 11 is 0. The number of ether oxygens (including phenoxy) is 1. The van der Waals surface area contributed by atoms with Crippen LogP contribution in [0.4, 0.5) is 5.69 Å². The molecule has 0 aliphatic rings. The Kier molecular flexibility index (Phi) is 3.65. The third kappa shape index (κ3) is 2.58. The van der Waals surface area contributed by atoms with Gasteiger partial charge in [0.05, 0.1) is 18.6 Å². The van der Waals surface area contributed by atoms with Gasteiger partial charge >= 0.3 is 5.97 Å². The zero-order valence-electron chi connectivity index (χ0n) is 10.5. The predicted octanol–water partition coefficient (Wildman–Crippen LogP) is 1.55. The first kappa shape index (κ1) is 13.5. The lowest BCUT2D eigenvalue weighted by molar-refractivity contribution is -0.384. The van der Waals surface area contributed by atoms with Crippen molar-refractivity contribution in [2.24, 2.45) is 0 Å². The number of carboxylic acids is 1. The number of rotatable bonds is 5. The van der Waals surface area contributed by atoms with E-state index in [2.05, 4.69) is 5.10 Å². The van der Waals surface area contributed by atoms with Crippen molar-refractivity contribution in [2.75, 3.05) is 7.11 Å². The van der Waals surface area contributed by atoms with Crippen LogP contribution in [0, 0.1) is 10.1 Å². The molecule has 1 aromatic carbocycles. The van der Waals surface area contributed by atoms with Crippen molar-refractivity contribution in [3.63, 3.8) is 0 Å². The molecule has 0 saturated carbocycles. The Morgan fingerprint density at radius 2 is 2.25 bits per heavy atom. The van der Waals surface area contributed by atoms with Crippen molar-refractivity contribution >= 4 is 11.7 Å². The first-order valence-electron chi connectivity index (χ1n) is 5.59. The summed E-state index contributed by atoms with van der Waals surface area (Å²) in [6, 6.07) is 5.49. The minimum absolute atomic E-state index is 0.00133. The molecule has 0 radical (unpaired) electrons. The van der Waals surface area contributed by atoms with Crippen molar-refractivity contribution in [3.8, 4) is 5.75 Å². The first-order valence-corrected chi connectivity index (χ1v) is 5.59. The van der Waals surface area contributed by atoms with Gasteiger partial charge in [-0.25, -0.2) is 4.79 Å². The van der Waals surface area contributed by atoms with E-state index in [1.54, 1.807) is 0 Å². The lowest BCUT2D eigenvalue weighted by Crippen LogP contribution is -2.11. The number of aromatic nitrogens is 2.